The Kier molecular flexibility index (Phi) is 5.41. The number of likely N-dealkylation sites (tertiary alicyclic amines) is 1. The first-order valence-electron chi connectivity index (χ1n) is 7.78. The highest BCUT2D eigenvalue weighted by Crippen LogP contribution is 2.22. The number of aryl methyl sites for hydroxylation is 1. The van der Waals surface area contributed by atoms with Crippen molar-refractivity contribution in [1.29, 1.82) is 0 Å². The number of nitrogens with two attached hydrogens (primary N) is 1. The van der Waals surface area contributed by atoms with Crippen LogP contribution in [0, 0.1) is 18.8 Å². The first-order chi connectivity index (χ1) is 10.2. The van der Waals surface area contributed by atoms with Crippen molar-refractivity contribution in [2.24, 2.45) is 5.73 Å². The molecular formula is C18H24N2O. The lowest BCUT2D eigenvalue weighted by molar-refractivity contribution is 0.0608. The van der Waals surface area contributed by atoms with E-state index in [1.165, 1.54) is 6.42 Å². The molecule has 112 valence electrons. The van der Waals surface area contributed by atoms with Crippen LogP contribution in [0.3, 0.4) is 0 Å². The molecular weight excluding hydrogens is 260 g/mol. The van der Waals surface area contributed by atoms with Crippen molar-refractivity contribution in [3.05, 3.63) is 34.9 Å². The SMILES string of the molecule is CCC1CCCCN1C(=O)c1ccc(C#CCN)c(C)c1. The summed E-state index contributed by atoms with van der Waals surface area (Å²) in [4.78, 5) is 14.8. The van der Waals surface area contributed by atoms with Crippen LogP contribution >= 0.6 is 0 Å². The van der Waals surface area contributed by atoms with Crippen molar-refractivity contribution >= 4 is 5.91 Å². The Balaban J connectivity index is 2.21. The number of piperidine rings is 1. The van der Waals surface area contributed by atoms with E-state index in [1.54, 1.807) is 0 Å². The summed E-state index contributed by atoms with van der Waals surface area (Å²) in [5.41, 5.74) is 8.15. The molecule has 1 heterocycles. The van der Waals surface area contributed by atoms with E-state index in [4.69, 9.17) is 5.73 Å². The van der Waals surface area contributed by atoms with Crippen LogP contribution in [0.1, 0.15) is 54.1 Å². The number of carbonyl (C=O) groups is 1. The molecule has 1 aliphatic rings. The summed E-state index contributed by atoms with van der Waals surface area (Å²) in [6.07, 6.45) is 4.50. The van der Waals surface area contributed by atoms with Gasteiger partial charge in [-0.05, 0) is 56.4 Å². The van der Waals surface area contributed by atoms with Crippen LogP contribution in [0.25, 0.3) is 0 Å². The molecule has 1 aromatic carbocycles. The molecule has 2 N–H and O–H groups in total. The summed E-state index contributed by atoms with van der Waals surface area (Å²) in [6.45, 7) is 5.38. The highest BCUT2D eigenvalue weighted by molar-refractivity contribution is 5.94. The third kappa shape index (κ3) is 3.65. The maximum atomic E-state index is 12.7. The maximum Gasteiger partial charge on any atom is 0.254 e. The summed E-state index contributed by atoms with van der Waals surface area (Å²) in [6, 6.07) is 6.15. The molecule has 2 rings (SSSR count). The molecule has 0 saturated carbocycles. The highest BCUT2D eigenvalue weighted by Gasteiger charge is 2.26. The Hall–Kier alpha value is -1.79. The summed E-state index contributed by atoms with van der Waals surface area (Å²) < 4.78 is 0. The zero-order valence-electron chi connectivity index (χ0n) is 13.0. The molecule has 1 fully saturated rings. The highest BCUT2D eigenvalue weighted by atomic mass is 16.2. The second kappa shape index (κ2) is 7.28. The van der Waals surface area contributed by atoms with Gasteiger partial charge in [0.1, 0.15) is 0 Å². The van der Waals surface area contributed by atoms with Crippen molar-refractivity contribution in [3.8, 4) is 11.8 Å². The zero-order chi connectivity index (χ0) is 15.2. The van der Waals surface area contributed by atoms with Crippen LogP contribution in [0.4, 0.5) is 0 Å². The molecule has 0 aliphatic carbocycles. The Morgan fingerprint density at radius 3 is 2.90 bits per heavy atom. The van der Waals surface area contributed by atoms with E-state index in [-0.39, 0.29) is 5.91 Å². The van der Waals surface area contributed by atoms with Gasteiger partial charge >= 0.3 is 0 Å². The molecule has 1 amide bonds. The predicted molar refractivity (Wildman–Crippen MR) is 86.1 cm³/mol. The van der Waals surface area contributed by atoms with E-state index in [2.05, 4.69) is 18.8 Å². The van der Waals surface area contributed by atoms with Crippen molar-refractivity contribution in [3.63, 3.8) is 0 Å². The first kappa shape index (κ1) is 15.6. The first-order valence-corrected chi connectivity index (χ1v) is 7.78. The van der Waals surface area contributed by atoms with Gasteiger partial charge in [0.15, 0.2) is 0 Å². The zero-order valence-corrected chi connectivity index (χ0v) is 13.0. The van der Waals surface area contributed by atoms with Gasteiger partial charge in [-0.2, -0.15) is 0 Å². The fourth-order valence-corrected chi connectivity index (χ4v) is 2.94. The normalized spacial score (nSPS) is 18.0. The molecule has 1 unspecified atom stereocenters. The lowest BCUT2D eigenvalue weighted by Crippen LogP contribution is -2.43. The van der Waals surface area contributed by atoms with E-state index in [0.29, 0.717) is 12.6 Å². The van der Waals surface area contributed by atoms with Crippen LogP contribution in [0.2, 0.25) is 0 Å². The standard InChI is InChI=1S/C18H24N2O/c1-3-17-8-4-5-12-20(17)18(21)16-10-9-15(7-6-11-19)14(2)13-16/h9-10,13,17H,3-5,8,11-12,19H2,1-2H3. The fourth-order valence-electron chi connectivity index (χ4n) is 2.94. The number of amides is 1. The maximum absolute atomic E-state index is 12.7. The Bertz CT molecular complexity index is 568. The van der Waals surface area contributed by atoms with E-state index in [9.17, 15) is 4.79 Å². The minimum atomic E-state index is 0.156. The number of hydrogen-bond donors (Lipinski definition) is 1. The van der Waals surface area contributed by atoms with Crippen LogP contribution in [0.15, 0.2) is 18.2 Å². The van der Waals surface area contributed by atoms with Gasteiger partial charge in [0.2, 0.25) is 0 Å². The number of nitrogens with zero attached hydrogens (tertiary/aromatic N) is 1. The topological polar surface area (TPSA) is 46.3 Å². The average molecular weight is 284 g/mol. The third-order valence-corrected chi connectivity index (χ3v) is 4.16. The molecule has 0 aromatic heterocycles. The van der Waals surface area contributed by atoms with Gasteiger partial charge < -0.3 is 10.6 Å². The lowest BCUT2D eigenvalue weighted by Gasteiger charge is -2.35. The summed E-state index contributed by atoms with van der Waals surface area (Å²) in [7, 11) is 0. The molecule has 1 aromatic rings. The van der Waals surface area contributed by atoms with Crippen LogP contribution in [-0.4, -0.2) is 29.9 Å². The second-order valence-electron chi connectivity index (χ2n) is 5.59. The van der Waals surface area contributed by atoms with Gasteiger partial charge in [-0.3, -0.25) is 4.79 Å². The Morgan fingerprint density at radius 1 is 1.43 bits per heavy atom. The largest absolute Gasteiger partial charge is 0.336 e. The molecule has 1 aliphatic heterocycles. The smallest absolute Gasteiger partial charge is 0.254 e. The molecule has 0 spiro atoms. The van der Waals surface area contributed by atoms with Crippen molar-refractivity contribution in [2.45, 2.75) is 45.6 Å². The molecule has 3 heteroatoms. The molecule has 1 atom stereocenters. The van der Waals surface area contributed by atoms with Crippen LogP contribution in [-0.2, 0) is 0 Å². The number of benzene rings is 1. The quantitative estimate of drug-likeness (QED) is 0.849. The van der Waals surface area contributed by atoms with E-state index < -0.39 is 0 Å². The molecule has 0 radical (unpaired) electrons. The monoisotopic (exact) mass is 284 g/mol. The minimum absolute atomic E-state index is 0.156. The van der Waals surface area contributed by atoms with Crippen molar-refractivity contribution in [2.75, 3.05) is 13.1 Å². The minimum Gasteiger partial charge on any atom is -0.336 e. The van der Waals surface area contributed by atoms with Gasteiger partial charge in [0.05, 0.1) is 6.54 Å². The molecule has 0 bridgehead atoms. The lowest BCUT2D eigenvalue weighted by atomic mass is 9.98. The number of carbonyl (C=O) groups excluding carboxylic acids is 1. The van der Waals surface area contributed by atoms with E-state index in [0.717, 1.165) is 42.5 Å². The van der Waals surface area contributed by atoms with Gasteiger partial charge in [-0.15, -0.1) is 0 Å². The Morgan fingerprint density at radius 2 is 2.24 bits per heavy atom. The summed E-state index contributed by atoms with van der Waals surface area (Å²) in [5, 5.41) is 0. The van der Waals surface area contributed by atoms with Crippen LogP contribution in [0.5, 0.6) is 0 Å². The fraction of sp³-hybridized carbons (Fsp3) is 0.500. The molecule has 21 heavy (non-hydrogen) atoms. The van der Waals surface area contributed by atoms with Crippen molar-refractivity contribution < 1.29 is 4.79 Å². The van der Waals surface area contributed by atoms with Gasteiger partial charge in [0, 0.05) is 23.7 Å². The van der Waals surface area contributed by atoms with Crippen molar-refractivity contribution in [1.82, 2.24) is 4.90 Å². The molecule has 1 saturated heterocycles. The predicted octanol–water partition coefficient (Wildman–Crippen LogP) is 2.71. The Labute approximate surface area is 127 Å². The van der Waals surface area contributed by atoms with Gasteiger partial charge in [-0.25, -0.2) is 0 Å². The summed E-state index contributed by atoms with van der Waals surface area (Å²) >= 11 is 0. The number of rotatable bonds is 2. The second-order valence-corrected chi connectivity index (χ2v) is 5.59. The third-order valence-electron chi connectivity index (χ3n) is 4.16. The van der Waals surface area contributed by atoms with Gasteiger partial charge in [-0.1, -0.05) is 18.8 Å². The van der Waals surface area contributed by atoms with Gasteiger partial charge in [0.25, 0.3) is 5.91 Å². The average Bonchev–Trinajstić information content (AvgIpc) is 2.53. The van der Waals surface area contributed by atoms with E-state index >= 15 is 0 Å². The number of hydrogen-bond acceptors (Lipinski definition) is 2. The summed E-state index contributed by atoms with van der Waals surface area (Å²) in [5.74, 6) is 6.05. The van der Waals surface area contributed by atoms with Crippen LogP contribution < -0.4 is 5.73 Å². The molecule has 3 nitrogen and oxygen atoms in total. The van der Waals surface area contributed by atoms with E-state index in [1.807, 2.05) is 30.0 Å².